The molecule has 0 aliphatic heterocycles. The van der Waals surface area contributed by atoms with Crippen LogP contribution in [0.15, 0.2) is 35.3 Å². The summed E-state index contributed by atoms with van der Waals surface area (Å²) in [5.74, 6) is -2.75. The van der Waals surface area contributed by atoms with Crippen molar-refractivity contribution in [2.75, 3.05) is 6.54 Å². The van der Waals surface area contributed by atoms with E-state index in [4.69, 9.17) is 5.11 Å². The van der Waals surface area contributed by atoms with Crippen LogP contribution >= 0.6 is 15.9 Å². The van der Waals surface area contributed by atoms with Crippen molar-refractivity contribution in [2.45, 2.75) is 19.4 Å². The van der Waals surface area contributed by atoms with Crippen molar-refractivity contribution >= 4 is 27.8 Å². The molecule has 2 unspecified atom stereocenters. The van der Waals surface area contributed by atoms with E-state index in [1.807, 2.05) is 0 Å². The number of hydrogen-bond acceptors (Lipinski definition) is 2. The lowest BCUT2D eigenvalue weighted by Gasteiger charge is -2.36. The predicted octanol–water partition coefficient (Wildman–Crippen LogP) is 3.21. The van der Waals surface area contributed by atoms with Crippen molar-refractivity contribution in [3.8, 4) is 0 Å². The summed E-state index contributed by atoms with van der Waals surface area (Å²) < 4.78 is 14.6. The lowest BCUT2D eigenvalue weighted by Crippen LogP contribution is -2.46. The molecule has 0 radical (unpaired) electrons. The third kappa shape index (κ3) is 3.55. The predicted molar refractivity (Wildman–Crippen MR) is 83.6 cm³/mol. The summed E-state index contributed by atoms with van der Waals surface area (Å²) >= 11 is 3.28. The Balaban J connectivity index is 2.16. The number of aliphatic carboxylic acids is 1. The Morgan fingerprint density at radius 2 is 2.09 bits per heavy atom. The quantitative estimate of drug-likeness (QED) is 0.783. The molecule has 1 N–H and O–H groups in total. The standard InChI is InChI=1S/C16H17BrFNO3/c1-2-7-19(9-10-8-11(17)3-6-14(10)18)15(20)12-4-5-13(12)16(21)22/h2-3,6,8,12-13H,1,4-5,7,9H2,(H,21,22). The molecule has 1 saturated carbocycles. The van der Waals surface area contributed by atoms with E-state index in [1.165, 1.54) is 11.0 Å². The van der Waals surface area contributed by atoms with Gasteiger partial charge in [-0.2, -0.15) is 0 Å². The molecule has 1 aromatic rings. The minimum atomic E-state index is -0.947. The molecule has 4 nitrogen and oxygen atoms in total. The number of hydrogen-bond donors (Lipinski definition) is 1. The Hall–Kier alpha value is -1.69. The lowest BCUT2D eigenvalue weighted by atomic mass is 9.73. The molecule has 6 heteroatoms. The van der Waals surface area contributed by atoms with Gasteiger partial charge >= 0.3 is 5.97 Å². The van der Waals surface area contributed by atoms with Gasteiger partial charge in [0, 0.05) is 23.1 Å². The Morgan fingerprint density at radius 1 is 1.41 bits per heavy atom. The third-order valence-electron chi connectivity index (χ3n) is 3.94. The number of amides is 1. The summed E-state index contributed by atoms with van der Waals surface area (Å²) in [6.07, 6.45) is 2.63. The number of carbonyl (C=O) groups excluding carboxylic acids is 1. The zero-order chi connectivity index (χ0) is 16.3. The SMILES string of the molecule is C=CCN(Cc1cc(Br)ccc1F)C(=O)C1CCC1C(=O)O. The van der Waals surface area contributed by atoms with Crippen LogP contribution in [0, 0.1) is 17.7 Å². The van der Waals surface area contributed by atoms with E-state index in [0.29, 0.717) is 18.4 Å². The number of nitrogens with zero attached hydrogens (tertiary/aromatic N) is 1. The molecule has 0 bridgehead atoms. The van der Waals surface area contributed by atoms with Crippen LogP contribution < -0.4 is 0 Å². The highest BCUT2D eigenvalue weighted by atomic mass is 79.9. The molecule has 118 valence electrons. The van der Waals surface area contributed by atoms with E-state index >= 15 is 0 Å². The number of carbonyl (C=O) groups is 2. The molecule has 0 heterocycles. The van der Waals surface area contributed by atoms with Crippen molar-refractivity contribution in [3.05, 3.63) is 46.7 Å². The van der Waals surface area contributed by atoms with E-state index in [-0.39, 0.29) is 19.0 Å². The van der Waals surface area contributed by atoms with Gasteiger partial charge in [0.1, 0.15) is 5.82 Å². The molecular formula is C16H17BrFNO3. The van der Waals surface area contributed by atoms with Gasteiger partial charge in [-0.25, -0.2) is 4.39 Å². The average molecular weight is 370 g/mol. The summed E-state index contributed by atoms with van der Waals surface area (Å²) in [5.41, 5.74) is 0.385. The first kappa shape index (κ1) is 16.7. The lowest BCUT2D eigenvalue weighted by molar-refractivity contribution is -0.156. The fraction of sp³-hybridized carbons (Fsp3) is 0.375. The Labute approximate surface area is 136 Å². The second-order valence-corrected chi connectivity index (χ2v) is 6.29. The molecular weight excluding hydrogens is 353 g/mol. The van der Waals surface area contributed by atoms with Crippen LogP contribution in [-0.2, 0) is 16.1 Å². The zero-order valence-electron chi connectivity index (χ0n) is 12.0. The average Bonchev–Trinajstić information content (AvgIpc) is 2.40. The maximum absolute atomic E-state index is 13.9. The van der Waals surface area contributed by atoms with Crippen LogP contribution in [0.3, 0.4) is 0 Å². The molecule has 0 saturated heterocycles. The highest BCUT2D eigenvalue weighted by molar-refractivity contribution is 9.10. The first-order valence-electron chi connectivity index (χ1n) is 7.00. The summed E-state index contributed by atoms with van der Waals surface area (Å²) in [5, 5.41) is 9.08. The first-order valence-corrected chi connectivity index (χ1v) is 7.79. The maximum Gasteiger partial charge on any atom is 0.307 e. The molecule has 1 aliphatic rings. The van der Waals surface area contributed by atoms with Crippen LogP contribution in [0.25, 0.3) is 0 Å². The Bertz CT molecular complexity index is 605. The normalized spacial score (nSPS) is 20.1. The fourth-order valence-corrected chi connectivity index (χ4v) is 2.99. The van der Waals surface area contributed by atoms with Gasteiger partial charge in [-0.3, -0.25) is 9.59 Å². The smallest absolute Gasteiger partial charge is 0.307 e. The summed E-state index contributed by atoms with van der Waals surface area (Å²) in [4.78, 5) is 25.0. The number of halogens is 2. The van der Waals surface area contributed by atoms with E-state index in [2.05, 4.69) is 22.5 Å². The van der Waals surface area contributed by atoms with Gasteiger partial charge in [0.15, 0.2) is 0 Å². The van der Waals surface area contributed by atoms with E-state index < -0.39 is 23.6 Å². The number of rotatable bonds is 6. The van der Waals surface area contributed by atoms with Gasteiger partial charge in [-0.1, -0.05) is 22.0 Å². The van der Waals surface area contributed by atoms with E-state index in [1.54, 1.807) is 18.2 Å². The van der Waals surface area contributed by atoms with Crippen molar-refractivity contribution < 1.29 is 19.1 Å². The van der Waals surface area contributed by atoms with E-state index in [9.17, 15) is 14.0 Å². The van der Waals surface area contributed by atoms with Crippen LogP contribution in [-0.4, -0.2) is 28.4 Å². The molecule has 0 spiro atoms. The minimum absolute atomic E-state index is 0.0962. The molecule has 1 amide bonds. The topological polar surface area (TPSA) is 57.6 Å². The van der Waals surface area contributed by atoms with Gasteiger partial charge in [-0.15, -0.1) is 6.58 Å². The molecule has 2 atom stereocenters. The highest BCUT2D eigenvalue weighted by Gasteiger charge is 2.43. The van der Waals surface area contributed by atoms with Crippen LogP contribution in [0.5, 0.6) is 0 Å². The monoisotopic (exact) mass is 369 g/mol. The Morgan fingerprint density at radius 3 is 2.64 bits per heavy atom. The number of carboxylic acids is 1. The first-order chi connectivity index (χ1) is 10.4. The van der Waals surface area contributed by atoms with E-state index in [0.717, 1.165) is 4.47 Å². The summed E-state index contributed by atoms with van der Waals surface area (Å²) in [6, 6.07) is 4.54. The van der Waals surface area contributed by atoms with Gasteiger partial charge in [0.05, 0.1) is 11.8 Å². The van der Waals surface area contributed by atoms with Gasteiger partial charge in [0.2, 0.25) is 5.91 Å². The second kappa shape index (κ2) is 7.05. The van der Waals surface area contributed by atoms with Crippen molar-refractivity contribution in [3.63, 3.8) is 0 Å². The highest BCUT2D eigenvalue weighted by Crippen LogP contribution is 2.36. The van der Waals surface area contributed by atoms with Crippen molar-refractivity contribution in [2.24, 2.45) is 11.8 Å². The Kier molecular flexibility index (Phi) is 5.34. The molecule has 1 aromatic carbocycles. The van der Waals surface area contributed by atoms with Crippen LogP contribution in [0.2, 0.25) is 0 Å². The van der Waals surface area contributed by atoms with Crippen molar-refractivity contribution in [1.29, 1.82) is 0 Å². The minimum Gasteiger partial charge on any atom is -0.481 e. The molecule has 1 aliphatic carbocycles. The number of carboxylic acid groups (broad SMARTS) is 1. The molecule has 1 fully saturated rings. The molecule has 0 aromatic heterocycles. The maximum atomic E-state index is 13.9. The fourth-order valence-electron chi connectivity index (χ4n) is 2.58. The summed E-state index contributed by atoms with van der Waals surface area (Å²) in [6.45, 7) is 3.96. The van der Waals surface area contributed by atoms with Crippen LogP contribution in [0.1, 0.15) is 18.4 Å². The van der Waals surface area contributed by atoms with Crippen LogP contribution in [0.4, 0.5) is 4.39 Å². The summed E-state index contributed by atoms with van der Waals surface area (Å²) in [7, 11) is 0. The largest absolute Gasteiger partial charge is 0.481 e. The van der Waals surface area contributed by atoms with Gasteiger partial charge in [-0.05, 0) is 31.0 Å². The molecule has 2 rings (SSSR count). The molecule has 22 heavy (non-hydrogen) atoms. The second-order valence-electron chi connectivity index (χ2n) is 5.37. The van der Waals surface area contributed by atoms with Gasteiger partial charge < -0.3 is 10.0 Å². The van der Waals surface area contributed by atoms with Gasteiger partial charge in [0.25, 0.3) is 0 Å². The number of benzene rings is 1. The third-order valence-corrected chi connectivity index (χ3v) is 4.43. The van der Waals surface area contributed by atoms with Crippen molar-refractivity contribution in [1.82, 2.24) is 4.90 Å². The zero-order valence-corrected chi connectivity index (χ0v) is 13.6.